The summed E-state index contributed by atoms with van der Waals surface area (Å²) < 4.78 is 10.2. The first-order valence-electron chi connectivity index (χ1n) is 6.60. The Morgan fingerprint density at radius 1 is 1.05 bits per heavy atom. The summed E-state index contributed by atoms with van der Waals surface area (Å²) in [6.45, 7) is 3.78. The van der Waals surface area contributed by atoms with E-state index >= 15 is 0 Å². The lowest BCUT2D eigenvalue weighted by molar-refractivity contribution is 0.340. The van der Waals surface area contributed by atoms with Crippen LogP contribution < -0.4 is 14.9 Å². The molecule has 0 radical (unpaired) electrons. The molecule has 7 nitrogen and oxygen atoms in total. The van der Waals surface area contributed by atoms with Crippen molar-refractivity contribution in [3.63, 3.8) is 0 Å². The molecule has 116 valence electrons. The maximum Gasteiger partial charge on any atom is 0.243 e. The quantitative estimate of drug-likeness (QED) is 0.650. The van der Waals surface area contributed by atoms with Crippen LogP contribution in [0.3, 0.4) is 0 Å². The zero-order valence-electron chi connectivity index (χ0n) is 12.9. The molecular weight excluding hydrogens is 284 g/mol. The number of methoxy groups -OCH3 is 2. The number of nitrogens with zero attached hydrogens (tertiary/aromatic N) is 3. The van der Waals surface area contributed by atoms with Crippen LogP contribution in [0.1, 0.15) is 17.0 Å². The summed E-state index contributed by atoms with van der Waals surface area (Å²) in [6.07, 6.45) is 1.56. The van der Waals surface area contributed by atoms with Gasteiger partial charge in [0.05, 0.1) is 20.4 Å². The monoisotopic (exact) mass is 302 g/mol. The molecule has 0 saturated carbocycles. The number of anilines is 1. The fraction of sp³-hybridized carbons (Fsp3) is 0.267. The third-order valence-electron chi connectivity index (χ3n) is 2.86. The Hall–Kier alpha value is -2.83. The molecule has 2 rings (SSSR count). The number of phenols is 1. The predicted octanol–water partition coefficient (Wildman–Crippen LogP) is 2.26. The summed E-state index contributed by atoms with van der Waals surface area (Å²) in [5.74, 6) is 0.992. The zero-order chi connectivity index (χ0) is 16.1. The van der Waals surface area contributed by atoms with Crippen LogP contribution in [0.5, 0.6) is 17.2 Å². The Balaban J connectivity index is 2.19. The number of aryl methyl sites for hydroxylation is 2. The van der Waals surface area contributed by atoms with Gasteiger partial charge in [-0.25, -0.2) is 15.4 Å². The van der Waals surface area contributed by atoms with Crippen LogP contribution in [0.25, 0.3) is 0 Å². The summed E-state index contributed by atoms with van der Waals surface area (Å²) in [5.41, 5.74) is 5.18. The lowest BCUT2D eigenvalue weighted by Crippen LogP contribution is -2.00. The minimum Gasteiger partial charge on any atom is -0.502 e. The number of hydrogen-bond donors (Lipinski definition) is 2. The van der Waals surface area contributed by atoms with Gasteiger partial charge in [0.15, 0.2) is 11.5 Å². The molecule has 0 atom stereocenters. The molecule has 7 heteroatoms. The smallest absolute Gasteiger partial charge is 0.243 e. The highest BCUT2D eigenvalue weighted by Gasteiger charge is 2.10. The molecular formula is C15H18N4O3. The normalized spacial score (nSPS) is 10.7. The van der Waals surface area contributed by atoms with E-state index in [1.165, 1.54) is 14.2 Å². The maximum absolute atomic E-state index is 9.85. The molecule has 0 saturated heterocycles. The van der Waals surface area contributed by atoms with Crippen molar-refractivity contribution in [2.45, 2.75) is 13.8 Å². The average Bonchev–Trinajstić information content (AvgIpc) is 2.47. The van der Waals surface area contributed by atoms with Crippen LogP contribution in [0.4, 0.5) is 5.95 Å². The molecule has 0 spiro atoms. The van der Waals surface area contributed by atoms with E-state index < -0.39 is 0 Å². The largest absolute Gasteiger partial charge is 0.502 e. The van der Waals surface area contributed by atoms with E-state index in [-0.39, 0.29) is 5.75 Å². The second-order valence-corrected chi connectivity index (χ2v) is 4.62. The van der Waals surface area contributed by atoms with Crippen LogP contribution in [0, 0.1) is 13.8 Å². The Labute approximate surface area is 128 Å². The second kappa shape index (κ2) is 6.75. The highest BCUT2D eigenvalue weighted by Crippen LogP contribution is 2.36. The van der Waals surface area contributed by atoms with E-state index in [0.717, 1.165) is 11.4 Å². The molecule has 1 aromatic heterocycles. The van der Waals surface area contributed by atoms with E-state index in [1.54, 1.807) is 18.3 Å². The first kappa shape index (κ1) is 15.6. The van der Waals surface area contributed by atoms with Gasteiger partial charge in [0, 0.05) is 17.0 Å². The molecule has 0 bridgehead atoms. The van der Waals surface area contributed by atoms with Gasteiger partial charge in [-0.2, -0.15) is 5.10 Å². The van der Waals surface area contributed by atoms with Crippen LogP contribution in [0.15, 0.2) is 23.3 Å². The van der Waals surface area contributed by atoms with Gasteiger partial charge < -0.3 is 14.6 Å². The average molecular weight is 302 g/mol. The standard InChI is InChI=1S/C15H18N4O3/c1-9-5-10(2)18-15(17-9)19-16-8-11-6-12(21-3)14(20)13(7-11)22-4/h5-8,20H,1-4H3,(H,17,18,19). The number of hydrogen-bond acceptors (Lipinski definition) is 7. The van der Waals surface area contributed by atoms with Gasteiger partial charge in [-0.1, -0.05) is 0 Å². The molecule has 0 aliphatic heterocycles. The molecule has 1 heterocycles. The molecule has 0 amide bonds. The van der Waals surface area contributed by atoms with E-state index in [9.17, 15) is 5.11 Å². The van der Waals surface area contributed by atoms with Crippen molar-refractivity contribution < 1.29 is 14.6 Å². The first-order valence-corrected chi connectivity index (χ1v) is 6.60. The van der Waals surface area contributed by atoms with Crippen LogP contribution >= 0.6 is 0 Å². The second-order valence-electron chi connectivity index (χ2n) is 4.62. The first-order chi connectivity index (χ1) is 10.5. The predicted molar refractivity (Wildman–Crippen MR) is 83.9 cm³/mol. The molecule has 0 fully saturated rings. The Morgan fingerprint density at radius 3 is 2.09 bits per heavy atom. The molecule has 2 aromatic rings. The summed E-state index contributed by atoms with van der Waals surface area (Å²) in [7, 11) is 2.94. The van der Waals surface area contributed by atoms with Crippen molar-refractivity contribution in [2.24, 2.45) is 5.10 Å². The lowest BCUT2D eigenvalue weighted by Gasteiger charge is -2.09. The summed E-state index contributed by atoms with van der Waals surface area (Å²) in [5, 5.41) is 13.9. The van der Waals surface area contributed by atoms with Gasteiger partial charge in [-0.05, 0) is 32.0 Å². The van der Waals surface area contributed by atoms with Crippen LogP contribution in [0.2, 0.25) is 0 Å². The minimum absolute atomic E-state index is 0.0484. The number of benzene rings is 1. The number of aromatic hydroxyl groups is 1. The molecule has 0 aliphatic carbocycles. The Kier molecular flexibility index (Phi) is 4.77. The van der Waals surface area contributed by atoms with E-state index in [0.29, 0.717) is 23.0 Å². The minimum atomic E-state index is -0.0484. The highest BCUT2D eigenvalue weighted by atomic mass is 16.5. The molecule has 0 unspecified atom stereocenters. The number of hydrazone groups is 1. The van der Waals surface area contributed by atoms with Crippen molar-refractivity contribution in [2.75, 3.05) is 19.6 Å². The van der Waals surface area contributed by atoms with Crippen molar-refractivity contribution in [1.82, 2.24) is 9.97 Å². The van der Waals surface area contributed by atoms with Crippen molar-refractivity contribution in [3.05, 3.63) is 35.2 Å². The number of aromatic nitrogens is 2. The SMILES string of the molecule is COc1cc(C=NNc2nc(C)cc(C)n2)cc(OC)c1O. The number of ether oxygens (including phenoxy) is 2. The maximum atomic E-state index is 9.85. The van der Waals surface area contributed by atoms with Crippen LogP contribution in [-0.4, -0.2) is 35.5 Å². The van der Waals surface area contributed by atoms with Gasteiger partial charge in [-0.15, -0.1) is 0 Å². The fourth-order valence-corrected chi connectivity index (χ4v) is 1.93. The Bertz CT molecular complexity index is 656. The number of rotatable bonds is 5. The zero-order valence-corrected chi connectivity index (χ0v) is 12.9. The van der Waals surface area contributed by atoms with Gasteiger partial charge in [0.25, 0.3) is 0 Å². The number of nitrogens with one attached hydrogen (secondary N) is 1. The van der Waals surface area contributed by atoms with Crippen molar-refractivity contribution in [1.29, 1.82) is 0 Å². The van der Waals surface area contributed by atoms with E-state index in [4.69, 9.17) is 9.47 Å². The topological polar surface area (TPSA) is 88.9 Å². The van der Waals surface area contributed by atoms with Crippen molar-refractivity contribution in [3.8, 4) is 17.2 Å². The third-order valence-corrected chi connectivity index (χ3v) is 2.86. The van der Waals surface area contributed by atoms with Gasteiger partial charge in [0.1, 0.15) is 0 Å². The van der Waals surface area contributed by atoms with Crippen LogP contribution in [-0.2, 0) is 0 Å². The molecule has 22 heavy (non-hydrogen) atoms. The molecule has 0 aliphatic rings. The van der Waals surface area contributed by atoms with Gasteiger partial charge in [0.2, 0.25) is 11.7 Å². The lowest BCUT2D eigenvalue weighted by atomic mass is 10.2. The third kappa shape index (κ3) is 3.63. The Morgan fingerprint density at radius 2 is 1.59 bits per heavy atom. The van der Waals surface area contributed by atoms with E-state index in [2.05, 4.69) is 20.5 Å². The number of phenolic OH excluding ortho intramolecular Hbond substituents is 1. The van der Waals surface area contributed by atoms with Gasteiger partial charge in [-0.3, -0.25) is 0 Å². The highest BCUT2D eigenvalue weighted by molar-refractivity contribution is 5.82. The summed E-state index contributed by atoms with van der Waals surface area (Å²) in [6, 6.07) is 5.17. The fourth-order valence-electron chi connectivity index (χ4n) is 1.93. The van der Waals surface area contributed by atoms with Gasteiger partial charge >= 0.3 is 0 Å². The summed E-state index contributed by atoms with van der Waals surface area (Å²) in [4.78, 5) is 8.44. The summed E-state index contributed by atoms with van der Waals surface area (Å²) >= 11 is 0. The van der Waals surface area contributed by atoms with E-state index in [1.807, 2.05) is 19.9 Å². The molecule has 2 N–H and O–H groups in total. The van der Waals surface area contributed by atoms with Crippen molar-refractivity contribution >= 4 is 12.2 Å². The molecule has 1 aromatic carbocycles.